The Balaban J connectivity index is 4.50. The van der Waals surface area contributed by atoms with E-state index in [1.165, 1.54) is 89.9 Å². The topological polar surface area (TPSA) is 78.9 Å². The molecule has 6 nitrogen and oxygen atoms in total. The van der Waals surface area contributed by atoms with Gasteiger partial charge in [0.2, 0.25) is 0 Å². The molecule has 0 rings (SSSR count). The lowest BCUT2D eigenvalue weighted by Gasteiger charge is -2.18. The lowest BCUT2D eigenvalue weighted by molar-refractivity contribution is -0.167. The van der Waals surface area contributed by atoms with E-state index < -0.39 is 6.10 Å². The maximum Gasteiger partial charge on any atom is 0.306 e. The molecule has 0 spiro atoms. The molecule has 67 heavy (non-hydrogen) atoms. The molecule has 0 aromatic carbocycles. The van der Waals surface area contributed by atoms with Gasteiger partial charge in [-0.25, -0.2) is 0 Å². The molecular formula is C61H98O6. The molecule has 0 saturated carbocycles. The van der Waals surface area contributed by atoms with Crippen LogP contribution in [0.1, 0.15) is 226 Å². The molecule has 0 aromatic rings. The Hall–Kier alpha value is -4.19. The number of ether oxygens (including phenoxy) is 3. The zero-order valence-corrected chi connectivity index (χ0v) is 43.1. The molecule has 0 aliphatic heterocycles. The van der Waals surface area contributed by atoms with Crippen molar-refractivity contribution in [3.8, 4) is 0 Å². The van der Waals surface area contributed by atoms with Crippen LogP contribution in [0.4, 0.5) is 0 Å². The van der Waals surface area contributed by atoms with E-state index in [4.69, 9.17) is 14.2 Å². The summed E-state index contributed by atoms with van der Waals surface area (Å²) in [5, 5.41) is 0. The molecule has 0 radical (unpaired) electrons. The number of hydrogen-bond acceptors (Lipinski definition) is 6. The van der Waals surface area contributed by atoms with Crippen molar-refractivity contribution in [2.45, 2.75) is 232 Å². The number of hydrogen-bond donors (Lipinski definition) is 0. The molecule has 0 fully saturated rings. The van der Waals surface area contributed by atoms with E-state index >= 15 is 0 Å². The van der Waals surface area contributed by atoms with E-state index in [0.29, 0.717) is 19.3 Å². The van der Waals surface area contributed by atoms with Crippen molar-refractivity contribution < 1.29 is 28.6 Å². The molecule has 1 unspecified atom stereocenters. The lowest BCUT2D eigenvalue weighted by Crippen LogP contribution is -2.30. The van der Waals surface area contributed by atoms with Gasteiger partial charge in [-0.1, -0.05) is 232 Å². The van der Waals surface area contributed by atoms with Gasteiger partial charge >= 0.3 is 17.9 Å². The predicted molar refractivity (Wildman–Crippen MR) is 288 cm³/mol. The van der Waals surface area contributed by atoms with Crippen molar-refractivity contribution in [2.24, 2.45) is 0 Å². The van der Waals surface area contributed by atoms with Gasteiger partial charge < -0.3 is 14.2 Å². The van der Waals surface area contributed by atoms with Crippen LogP contribution in [0.2, 0.25) is 0 Å². The highest BCUT2D eigenvalue weighted by Gasteiger charge is 2.19. The maximum atomic E-state index is 12.8. The second kappa shape index (κ2) is 54.4. The van der Waals surface area contributed by atoms with Crippen LogP contribution in [-0.4, -0.2) is 37.2 Å². The highest BCUT2D eigenvalue weighted by molar-refractivity contribution is 5.71. The third-order valence-corrected chi connectivity index (χ3v) is 11.1. The van der Waals surface area contributed by atoms with Gasteiger partial charge in [0.1, 0.15) is 13.2 Å². The monoisotopic (exact) mass is 927 g/mol. The van der Waals surface area contributed by atoms with Crippen LogP contribution in [-0.2, 0) is 28.6 Å². The molecule has 0 bridgehead atoms. The molecule has 1 atom stereocenters. The van der Waals surface area contributed by atoms with E-state index in [1.807, 2.05) is 54.7 Å². The zero-order chi connectivity index (χ0) is 48.6. The Morgan fingerprint density at radius 2 is 0.672 bits per heavy atom. The fourth-order valence-electron chi connectivity index (χ4n) is 7.05. The highest BCUT2D eigenvalue weighted by atomic mass is 16.6. The number of unbranched alkanes of at least 4 members (excludes halogenated alkanes) is 20. The second-order valence-corrected chi connectivity index (χ2v) is 17.5. The summed E-state index contributed by atoms with van der Waals surface area (Å²) in [5.41, 5.74) is 0. The Kier molecular flexibility index (Phi) is 51.0. The number of rotatable bonds is 47. The SMILES string of the molecule is CC/C=C/C=C/C=C/C=C/C=C/CCCC(=O)OCC(COC(=O)CCCCCCCC/C=C/C/C=C/C/C=C/C/C=C/CC)OC(=O)CCCCCCCCC/C=C/CCCCCCCC. The van der Waals surface area contributed by atoms with Gasteiger partial charge in [-0.3, -0.25) is 14.4 Å². The average Bonchev–Trinajstić information content (AvgIpc) is 3.33. The molecule has 6 heteroatoms. The molecule has 0 heterocycles. The van der Waals surface area contributed by atoms with Crippen LogP contribution < -0.4 is 0 Å². The van der Waals surface area contributed by atoms with Gasteiger partial charge in [-0.2, -0.15) is 0 Å². The van der Waals surface area contributed by atoms with Crippen LogP contribution in [0.3, 0.4) is 0 Å². The molecule has 0 aromatic heterocycles. The van der Waals surface area contributed by atoms with Crippen molar-refractivity contribution in [3.63, 3.8) is 0 Å². The van der Waals surface area contributed by atoms with Gasteiger partial charge in [0.25, 0.3) is 0 Å². The summed E-state index contributed by atoms with van der Waals surface area (Å²) in [5.74, 6) is -1.01. The fraction of sp³-hybridized carbons (Fsp3) is 0.623. The van der Waals surface area contributed by atoms with Crippen LogP contribution in [0.15, 0.2) is 122 Å². The van der Waals surface area contributed by atoms with Gasteiger partial charge in [0, 0.05) is 19.3 Å². The van der Waals surface area contributed by atoms with Crippen LogP contribution in [0.5, 0.6) is 0 Å². The Bertz CT molecular complexity index is 1440. The summed E-state index contributed by atoms with van der Waals surface area (Å²) in [7, 11) is 0. The summed E-state index contributed by atoms with van der Waals surface area (Å²) in [6, 6.07) is 0. The van der Waals surface area contributed by atoms with Crippen LogP contribution in [0, 0.1) is 0 Å². The predicted octanol–water partition coefficient (Wildman–Crippen LogP) is 18.1. The van der Waals surface area contributed by atoms with Gasteiger partial charge in [-0.15, -0.1) is 0 Å². The summed E-state index contributed by atoms with van der Waals surface area (Å²) in [6.45, 7) is 6.29. The van der Waals surface area contributed by atoms with Gasteiger partial charge in [0.15, 0.2) is 6.10 Å². The molecule has 0 saturated heterocycles. The van der Waals surface area contributed by atoms with Crippen molar-refractivity contribution in [2.75, 3.05) is 13.2 Å². The average molecular weight is 927 g/mol. The number of esters is 3. The molecular weight excluding hydrogens is 829 g/mol. The third-order valence-electron chi connectivity index (χ3n) is 11.1. The zero-order valence-electron chi connectivity index (χ0n) is 43.1. The van der Waals surface area contributed by atoms with E-state index in [9.17, 15) is 14.4 Å². The number of allylic oxidation sites excluding steroid dienone is 20. The second-order valence-electron chi connectivity index (χ2n) is 17.5. The van der Waals surface area contributed by atoms with Crippen molar-refractivity contribution in [1.29, 1.82) is 0 Å². The molecule has 0 amide bonds. The van der Waals surface area contributed by atoms with E-state index in [-0.39, 0.29) is 37.5 Å². The summed E-state index contributed by atoms with van der Waals surface area (Å²) < 4.78 is 16.7. The summed E-state index contributed by atoms with van der Waals surface area (Å²) >= 11 is 0. The normalized spacial score (nSPS) is 13.1. The Morgan fingerprint density at radius 3 is 1.15 bits per heavy atom. The lowest BCUT2D eigenvalue weighted by atomic mass is 10.1. The standard InChI is InChI=1S/C61H98O6/c1-4-7-10-13-16-19-22-25-27-29-30-32-33-36-39-42-45-48-51-54-60(63)66-57-58(56-65-59(62)53-50-47-44-41-38-35-24-21-18-15-12-9-6-3)67-61(64)55-52-49-46-43-40-37-34-31-28-26-23-20-17-14-11-8-5-2/h7,9-10,12,15-16,18-19,21,24-28,30,32,35,38,41,44,58H,4-6,8,11,13-14,17,20,22-23,29,31,33-34,36-37,39-40,42-43,45-57H2,1-3H3/b10-7+,12-9+,18-15+,19-16+,24-21+,27-25+,28-26+,32-30+,38-35+,44-41+. The largest absolute Gasteiger partial charge is 0.462 e. The number of carbonyl (C=O) groups is 3. The number of carbonyl (C=O) groups excluding carboxylic acids is 3. The molecule has 0 aliphatic carbocycles. The minimum atomic E-state index is -0.818. The molecule has 378 valence electrons. The van der Waals surface area contributed by atoms with E-state index in [0.717, 1.165) is 89.9 Å². The van der Waals surface area contributed by atoms with Gasteiger partial charge in [-0.05, 0) is 96.3 Å². The molecule has 0 aliphatic rings. The van der Waals surface area contributed by atoms with Crippen molar-refractivity contribution in [1.82, 2.24) is 0 Å². The van der Waals surface area contributed by atoms with Crippen LogP contribution >= 0.6 is 0 Å². The summed E-state index contributed by atoms with van der Waals surface area (Å²) in [6.07, 6.45) is 74.8. The maximum absolute atomic E-state index is 12.8. The first-order valence-electron chi connectivity index (χ1n) is 27.1. The smallest absolute Gasteiger partial charge is 0.306 e. The first-order valence-corrected chi connectivity index (χ1v) is 27.1. The Labute approximate surface area is 412 Å². The molecule has 0 N–H and O–H groups in total. The quantitative estimate of drug-likeness (QED) is 0.0199. The minimum absolute atomic E-state index is 0.113. The third kappa shape index (κ3) is 52.6. The fourth-order valence-corrected chi connectivity index (χ4v) is 7.05. The van der Waals surface area contributed by atoms with E-state index in [1.54, 1.807) is 0 Å². The highest BCUT2D eigenvalue weighted by Crippen LogP contribution is 2.14. The van der Waals surface area contributed by atoms with Crippen molar-refractivity contribution in [3.05, 3.63) is 122 Å². The Morgan fingerprint density at radius 1 is 0.328 bits per heavy atom. The van der Waals surface area contributed by atoms with Gasteiger partial charge in [0.05, 0.1) is 0 Å². The first kappa shape index (κ1) is 62.8. The first-order chi connectivity index (χ1) is 33.0. The minimum Gasteiger partial charge on any atom is -0.462 e. The van der Waals surface area contributed by atoms with E-state index in [2.05, 4.69) is 87.6 Å². The summed E-state index contributed by atoms with van der Waals surface area (Å²) in [4.78, 5) is 38.0. The van der Waals surface area contributed by atoms with Crippen LogP contribution in [0.25, 0.3) is 0 Å². The van der Waals surface area contributed by atoms with Crippen molar-refractivity contribution >= 4 is 17.9 Å².